The molecular weight excluding hydrogens is 262 g/mol. The van der Waals surface area contributed by atoms with Gasteiger partial charge < -0.3 is 5.32 Å². The van der Waals surface area contributed by atoms with Gasteiger partial charge in [0.1, 0.15) is 0 Å². The lowest BCUT2D eigenvalue weighted by molar-refractivity contribution is 0.374. The van der Waals surface area contributed by atoms with Gasteiger partial charge in [0.2, 0.25) is 0 Å². The lowest BCUT2D eigenvalue weighted by atomic mass is 9.90. The SMILES string of the molecule is CC(C)CC(CNC(C)C)Cc1csc2ccccc12. The summed E-state index contributed by atoms with van der Waals surface area (Å²) in [7, 11) is 0. The van der Waals surface area contributed by atoms with Crippen LogP contribution in [0, 0.1) is 11.8 Å². The average Bonchev–Trinajstić information content (AvgIpc) is 2.79. The van der Waals surface area contributed by atoms with Crippen molar-refractivity contribution in [3.8, 4) is 0 Å². The predicted octanol–water partition coefficient (Wildman–Crippen LogP) is 5.10. The number of thiophene rings is 1. The standard InChI is InChI=1S/C18H27NS/c1-13(2)9-15(11-19-14(3)4)10-16-12-20-18-8-6-5-7-17(16)18/h5-8,12-15,19H,9-11H2,1-4H3. The Balaban J connectivity index is 2.09. The quantitative estimate of drug-likeness (QED) is 0.747. The van der Waals surface area contributed by atoms with E-state index in [0.29, 0.717) is 6.04 Å². The maximum Gasteiger partial charge on any atom is 0.0345 e. The highest BCUT2D eigenvalue weighted by atomic mass is 32.1. The summed E-state index contributed by atoms with van der Waals surface area (Å²) in [6.45, 7) is 10.2. The van der Waals surface area contributed by atoms with E-state index in [-0.39, 0.29) is 0 Å². The van der Waals surface area contributed by atoms with E-state index in [9.17, 15) is 0 Å². The lowest BCUT2D eigenvalue weighted by Crippen LogP contribution is -2.30. The third-order valence-corrected chi connectivity index (χ3v) is 4.70. The summed E-state index contributed by atoms with van der Waals surface area (Å²) in [6, 6.07) is 9.36. The van der Waals surface area contributed by atoms with E-state index in [1.165, 1.54) is 28.5 Å². The fourth-order valence-electron chi connectivity index (χ4n) is 2.81. The first-order valence-electron chi connectivity index (χ1n) is 7.74. The Labute approximate surface area is 127 Å². The van der Waals surface area contributed by atoms with Gasteiger partial charge in [-0.25, -0.2) is 0 Å². The van der Waals surface area contributed by atoms with E-state index in [4.69, 9.17) is 0 Å². The van der Waals surface area contributed by atoms with Gasteiger partial charge in [-0.15, -0.1) is 11.3 Å². The van der Waals surface area contributed by atoms with Crippen LogP contribution in [0.3, 0.4) is 0 Å². The van der Waals surface area contributed by atoms with Crippen LogP contribution >= 0.6 is 11.3 Å². The van der Waals surface area contributed by atoms with Crippen molar-refractivity contribution in [2.45, 2.75) is 46.6 Å². The molecule has 1 atom stereocenters. The summed E-state index contributed by atoms with van der Waals surface area (Å²) in [4.78, 5) is 0. The molecule has 1 aromatic heterocycles. The van der Waals surface area contributed by atoms with Gasteiger partial charge in [0.15, 0.2) is 0 Å². The molecule has 0 spiro atoms. The van der Waals surface area contributed by atoms with Gasteiger partial charge in [0.25, 0.3) is 0 Å². The van der Waals surface area contributed by atoms with Gasteiger partial charge in [0.05, 0.1) is 0 Å². The fraction of sp³-hybridized carbons (Fsp3) is 0.556. The summed E-state index contributed by atoms with van der Waals surface area (Å²) < 4.78 is 1.42. The monoisotopic (exact) mass is 289 g/mol. The summed E-state index contributed by atoms with van der Waals surface area (Å²) in [5.41, 5.74) is 1.53. The molecule has 20 heavy (non-hydrogen) atoms. The van der Waals surface area contributed by atoms with Gasteiger partial charge in [-0.05, 0) is 53.6 Å². The molecule has 1 nitrogen and oxygen atoms in total. The zero-order valence-electron chi connectivity index (χ0n) is 13.1. The van der Waals surface area contributed by atoms with Crippen LogP contribution in [0.1, 0.15) is 39.7 Å². The van der Waals surface area contributed by atoms with Crippen molar-refractivity contribution in [3.63, 3.8) is 0 Å². The van der Waals surface area contributed by atoms with Crippen molar-refractivity contribution >= 4 is 21.4 Å². The van der Waals surface area contributed by atoms with Crippen molar-refractivity contribution in [3.05, 3.63) is 35.2 Å². The van der Waals surface area contributed by atoms with Crippen molar-refractivity contribution in [1.82, 2.24) is 5.32 Å². The molecule has 2 aromatic rings. The van der Waals surface area contributed by atoms with Gasteiger partial charge in [-0.3, -0.25) is 0 Å². The molecule has 2 heteroatoms. The number of benzene rings is 1. The van der Waals surface area contributed by atoms with E-state index < -0.39 is 0 Å². The largest absolute Gasteiger partial charge is 0.314 e. The molecule has 0 saturated heterocycles. The second-order valence-corrected chi connectivity index (χ2v) is 7.43. The number of hydrogen-bond acceptors (Lipinski definition) is 2. The van der Waals surface area contributed by atoms with Crippen LogP contribution in [0.5, 0.6) is 0 Å². The molecular formula is C18H27NS. The third kappa shape index (κ3) is 4.32. The topological polar surface area (TPSA) is 12.0 Å². The van der Waals surface area contributed by atoms with E-state index >= 15 is 0 Å². The van der Waals surface area contributed by atoms with Gasteiger partial charge in [0, 0.05) is 10.7 Å². The van der Waals surface area contributed by atoms with Gasteiger partial charge in [-0.2, -0.15) is 0 Å². The Kier molecular flexibility index (Phi) is 5.62. The third-order valence-electron chi connectivity index (χ3n) is 3.69. The summed E-state index contributed by atoms with van der Waals surface area (Å²) in [5, 5.41) is 7.42. The highest BCUT2D eigenvalue weighted by molar-refractivity contribution is 7.17. The minimum Gasteiger partial charge on any atom is -0.314 e. The minimum absolute atomic E-state index is 0.573. The Morgan fingerprint density at radius 3 is 2.55 bits per heavy atom. The molecule has 0 bridgehead atoms. The van der Waals surface area contributed by atoms with Crippen molar-refractivity contribution < 1.29 is 0 Å². The molecule has 0 aliphatic heterocycles. The first-order chi connectivity index (χ1) is 9.56. The molecule has 2 rings (SSSR count). The van der Waals surface area contributed by atoms with E-state index in [0.717, 1.165) is 18.4 Å². The van der Waals surface area contributed by atoms with Crippen molar-refractivity contribution in [1.29, 1.82) is 0 Å². The number of nitrogens with one attached hydrogen (secondary N) is 1. The lowest BCUT2D eigenvalue weighted by Gasteiger charge is -2.21. The number of hydrogen-bond donors (Lipinski definition) is 1. The Bertz CT molecular complexity index is 527. The number of fused-ring (bicyclic) bond motifs is 1. The van der Waals surface area contributed by atoms with E-state index in [2.05, 4.69) is 62.7 Å². The van der Waals surface area contributed by atoms with Gasteiger partial charge >= 0.3 is 0 Å². The summed E-state index contributed by atoms with van der Waals surface area (Å²) in [5.74, 6) is 1.49. The molecule has 0 amide bonds. The average molecular weight is 289 g/mol. The molecule has 0 aliphatic carbocycles. The molecule has 1 unspecified atom stereocenters. The van der Waals surface area contributed by atoms with Gasteiger partial charge in [-0.1, -0.05) is 45.9 Å². The summed E-state index contributed by atoms with van der Waals surface area (Å²) in [6.07, 6.45) is 2.49. The summed E-state index contributed by atoms with van der Waals surface area (Å²) >= 11 is 1.88. The normalized spacial score (nSPS) is 13.5. The molecule has 1 aromatic carbocycles. The molecule has 0 saturated carbocycles. The van der Waals surface area contributed by atoms with Crippen LogP contribution in [0.15, 0.2) is 29.6 Å². The molecule has 1 N–H and O–H groups in total. The van der Waals surface area contributed by atoms with E-state index in [1.54, 1.807) is 0 Å². The highest BCUT2D eigenvalue weighted by Crippen LogP contribution is 2.29. The zero-order chi connectivity index (χ0) is 14.5. The van der Waals surface area contributed by atoms with Crippen LogP contribution in [0.2, 0.25) is 0 Å². The van der Waals surface area contributed by atoms with Crippen LogP contribution in [-0.4, -0.2) is 12.6 Å². The smallest absolute Gasteiger partial charge is 0.0345 e. The number of rotatable bonds is 7. The Hall–Kier alpha value is -0.860. The van der Waals surface area contributed by atoms with Crippen LogP contribution < -0.4 is 5.32 Å². The second-order valence-electron chi connectivity index (χ2n) is 6.52. The fourth-order valence-corrected chi connectivity index (χ4v) is 3.79. The van der Waals surface area contributed by atoms with Crippen LogP contribution in [-0.2, 0) is 6.42 Å². The Morgan fingerprint density at radius 1 is 1.10 bits per heavy atom. The van der Waals surface area contributed by atoms with Crippen LogP contribution in [0.25, 0.3) is 10.1 Å². The molecule has 0 fully saturated rings. The first-order valence-corrected chi connectivity index (χ1v) is 8.62. The maximum atomic E-state index is 3.61. The zero-order valence-corrected chi connectivity index (χ0v) is 14.0. The first kappa shape index (κ1) is 15.5. The van der Waals surface area contributed by atoms with Crippen molar-refractivity contribution in [2.75, 3.05) is 6.54 Å². The van der Waals surface area contributed by atoms with Crippen LogP contribution in [0.4, 0.5) is 0 Å². The molecule has 110 valence electrons. The molecule has 0 radical (unpaired) electrons. The predicted molar refractivity (Wildman–Crippen MR) is 91.6 cm³/mol. The van der Waals surface area contributed by atoms with E-state index in [1.807, 2.05) is 11.3 Å². The molecule has 1 heterocycles. The minimum atomic E-state index is 0.573. The molecule has 0 aliphatic rings. The maximum absolute atomic E-state index is 3.61. The van der Waals surface area contributed by atoms with Crippen molar-refractivity contribution in [2.24, 2.45) is 11.8 Å². The Morgan fingerprint density at radius 2 is 1.85 bits per heavy atom. The highest BCUT2D eigenvalue weighted by Gasteiger charge is 2.14. The second kappa shape index (κ2) is 7.24.